The summed E-state index contributed by atoms with van der Waals surface area (Å²) in [6, 6.07) is 5.54. The second-order valence-corrected chi connectivity index (χ2v) is 4.39. The van der Waals surface area contributed by atoms with Gasteiger partial charge in [0.15, 0.2) is 0 Å². The smallest absolute Gasteiger partial charge is 0.259 e. The summed E-state index contributed by atoms with van der Waals surface area (Å²) in [4.78, 5) is 19.3. The number of anilines is 1. The first-order valence-corrected chi connectivity index (χ1v) is 5.88. The number of aryl methyl sites for hydroxylation is 2. The zero-order chi connectivity index (χ0) is 13.4. The molecule has 1 amide bonds. The molecule has 19 heavy (non-hydrogen) atoms. The Morgan fingerprint density at radius 3 is 3.00 bits per heavy atom. The SMILES string of the molecule is Cc1nn(C)cc1C(=O)Nc1ccc2nc[nH]c2c1. The van der Waals surface area contributed by atoms with Crippen LogP contribution in [-0.2, 0) is 7.05 Å². The number of carbonyl (C=O) groups is 1. The third-order valence-corrected chi connectivity index (χ3v) is 2.94. The highest BCUT2D eigenvalue weighted by molar-refractivity contribution is 6.05. The van der Waals surface area contributed by atoms with Crippen molar-refractivity contribution in [2.75, 3.05) is 5.32 Å². The number of imidazole rings is 1. The Balaban J connectivity index is 1.88. The normalized spacial score (nSPS) is 10.8. The predicted molar refractivity (Wildman–Crippen MR) is 72.0 cm³/mol. The van der Waals surface area contributed by atoms with Crippen LogP contribution in [0.4, 0.5) is 5.69 Å². The van der Waals surface area contributed by atoms with Crippen molar-refractivity contribution in [1.82, 2.24) is 19.7 Å². The van der Waals surface area contributed by atoms with Crippen molar-refractivity contribution in [1.29, 1.82) is 0 Å². The number of H-pyrrole nitrogens is 1. The van der Waals surface area contributed by atoms with Crippen molar-refractivity contribution in [3.63, 3.8) is 0 Å². The number of hydrogen-bond donors (Lipinski definition) is 2. The lowest BCUT2D eigenvalue weighted by Crippen LogP contribution is -2.12. The van der Waals surface area contributed by atoms with Crippen LogP contribution in [0.3, 0.4) is 0 Å². The molecule has 0 spiro atoms. The number of fused-ring (bicyclic) bond motifs is 1. The highest BCUT2D eigenvalue weighted by Crippen LogP contribution is 2.17. The Hall–Kier alpha value is -2.63. The molecule has 6 heteroatoms. The van der Waals surface area contributed by atoms with Crippen molar-refractivity contribution in [3.05, 3.63) is 42.0 Å². The van der Waals surface area contributed by atoms with E-state index in [1.165, 1.54) is 0 Å². The summed E-state index contributed by atoms with van der Waals surface area (Å²) in [6.07, 6.45) is 3.33. The van der Waals surface area contributed by atoms with Gasteiger partial charge in [0.2, 0.25) is 0 Å². The summed E-state index contributed by atoms with van der Waals surface area (Å²) in [6.45, 7) is 1.81. The van der Waals surface area contributed by atoms with Gasteiger partial charge in [-0.25, -0.2) is 4.98 Å². The number of aromatic amines is 1. The fraction of sp³-hybridized carbons (Fsp3) is 0.154. The van der Waals surface area contributed by atoms with E-state index < -0.39 is 0 Å². The first kappa shape index (κ1) is 11.5. The molecule has 0 atom stereocenters. The summed E-state index contributed by atoms with van der Waals surface area (Å²) in [7, 11) is 1.79. The maximum absolute atomic E-state index is 12.1. The van der Waals surface area contributed by atoms with Crippen molar-refractivity contribution in [2.24, 2.45) is 7.05 Å². The van der Waals surface area contributed by atoms with Crippen molar-refractivity contribution in [3.8, 4) is 0 Å². The number of carbonyl (C=O) groups excluding carboxylic acids is 1. The zero-order valence-electron chi connectivity index (χ0n) is 10.6. The fourth-order valence-corrected chi connectivity index (χ4v) is 2.03. The quantitative estimate of drug-likeness (QED) is 0.733. The van der Waals surface area contributed by atoms with E-state index in [0.29, 0.717) is 11.3 Å². The molecular weight excluding hydrogens is 242 g/mol. The van der Waals surface area contributed by atoms with Crippen molar-refractivity contribution < 1.29 is 4.79 Å². The molecule has 2 aromatic heterocycles. The van der Waals surface area contributed by atoms with Gasteiger partial charge in [0.05, 0.1) is 28.6 Å². The van der Waals surface area contributed by atoms with Gasteiger partial charge in [0.25, 0.3) is 5.91 Å². The van der Waals surface area contributed by atoms with E-state index in [1.54, 1.807) is 24.3 Å². The van der Waals surface area contributed by atoms with Gasteiger partial charge in [0, 0.05) is 18.9 Å². The number of nitrogens with zero attached hydrogens (tertiary/aromatic N) is 3. The van der Waals surface area contributed by atoms with Gasteiger partial charge >= 0.3 is 0 Å². The van der Waals surface area contributed by atoms with Crippen LogP contribution in [-0.4, -0.2) is 25.7 Å². The van der Waals surface area contributed by atoms with Gasteiger partial charge in [-0.3, -0.25) is 9.48 Å². The van der Waals surface area contributed by atoms with Crippen LogP contribution in [0, 0.1) is 6.92 Å². The first-order chi connectivity index (χ1) is 9.13. The van der Waals surface area contributed by atoms with Crippen LogP contribution in [0.5, 0.6) is 0 Å². The molecule has 0 aliphatic carbocycles. The number of hydrogen-bond acceptors (Lipinski definition) is 3. The van der Waals surface area contributed by atoms with Crippen LogP contribution < -0.4 is 5.32 Å². The second-order valence-electron chi connectivity index (χ2n) is 4.39. The predicted octanol–water partition coefficient (Wildman–Crippen LogP) is 1.86. The largest absolute Gasteiger partial charge is 0.345 e. The average molecular weight is 255 g/mol. The lowest BCUT2D eigenvalue weighted by Gasteiger charge is -2.04. The summed E-state index contributed by atoms with van der Waals surface area (Å²) in [5, 5.41) is 7.01. The van der Waals surface area contributed by atoms with Crippen LogP contribution in [0.15, 0.2) is 30.7 Å². The van der Waals surface area contributed by atoms with Gasteiger partial charge in [-0.1, -0.05) is 0 Å². The van der Waals surface area contributed by atoms with Crippen LogP contribution in [0.2, 0.25) is 0 Å². The Kier molecular flexibility index (Phi) is 2.56. The minimum absolute atomic E-state index is 0.163. The van der Waals surface area contributed by atoms with Crippen molar-refractivity contribution in [2.45, 2.75) is 6.92 Å². The number of rotatable bonds is 2. The molecule has 3 aromatic rings. The zero-order valence-corrected chi connectivity index (χ0v) is 10.6. The molecular formula is C13H13N5O. The number of amides is 1. The third-order valence-electron chi connectivity index (χ3n) is 2.94. The van der Waals surface area contributed by atoms with Gasteiger partial charge in [-0.2, -0.15) is 5.10 Å². The monoisotopic (exact) mass is 255 g/mol. The number of benzene rings is 1. The molecule has 96 valence electrons. The molecule has 0 bridgehead atoms. The minimum atomic E-state index is -0.163. The Labute approximate surface area is 109 Å². The third kappa shape index (κ3) is 2.08. The molecule has 3 rings (SSSR count). The summed E-state index contributed by atoms with van der Waals surface area (Å²) < 4.78 is 1.63. The van der Waals surface area contributed by atoms with Crippen LogP contribution in [0.25, 0.3) is 11.0 Å². The van der Waals surface area contributed by atoms with Crippen LogP contribution >= 0.6 is 0 Å². The maximum atomic E-state index is 12.1. The molecule has 0 saturated heterocycles. The second kappa shape index (κ2) is 4.24. The van der Waals surface area contributed by atoms with E-state index in [4.69, 9.17) is 0 Å². The Morgan fingerprint density at radius 1 is 1.42 bits per heavy atom. The lowest BCUT2D eigenvalue weighted by molar-refractivity contribution is 0.102. The topological polar surface area (TPSA) is 75.6 Å². The van der Waals surface area contributed by atoms with Gasteiger partial charge in [-0.15, -0.1) is 0 Å². The van der Waals surface area contributed by atoms with E-state index >= 15 is 0 Å². The summed E-state index contributed by atoms with van der Waals surface area (Å²) in [5.74, 6) is -0.163. The standard InChI is InChI=1S/C13H13N5O/c1-8-10(6-18(2)17-8)13(19)16-9-3-4-11-12(5-9)15-7-14-11/h3-7H,1-2H3,(H,14,15)(H,16,19). The number of nitrogens with one attached hydrogen (secondary N) is 2. The summed E-state index contributed by atoms with van der Waals surface area (Å²) >= 11 is 0. The van der Waals surface area contributed by atoms with E-state index in [0.717, 1.165) is 16.7 Å². The highest BCUT2D eigenvalue weighted by Gasteiger charge is 2.12. The molecule has 2 heterocycles. The molecule has 0 aliphatic heterocycles. The Bertz CT molecular complexity index is 755. The molecule has 0 unspecified atom stereocenters. The Morgan fingerprint density at radius 2 is 2.26 bits per heavy atom. The molecule has 0 aliphatic rings. The van der Waals surface area contributed by atoms with Crippen LogP contribution in [0.1, 0.15) is 16.1 Å². The van der Waals surface area contributed by atoms with E-state index in [9.17, 15) is 4.79 Å². The molecule has 6 nitrogen and oxygen atoms in total. The molecule has 0 radical (unpaired) electrons. The number of aromatic nitrogens is 4. The van der Waals surface area contributed by atoms with Gasteiger partial charge < -0.3 is 10.3 Å². The van der Waals surface area contributed by atoms with Crippen molar-refractivity contribution >= 4 is 22.6 Å². The molecule has 2 N–H and O–H groups in total. The average Bonchev–Trinajstić information content (AvgIpc) is 2.94. The first-order valence-electron chi connectivity index (χ1n) is 5.88. The van der Waals surface area contributed by atoms with Gasteiger partial charge in [-0.05, 0) is 25.1 Å². The fourth-order valence-electron chi connectivity index (χ4n) is 2.03. The van der Waals surface area contributed by atoms with E-state index in [2.05, 4.69) is 20.4 Å². The molecule has 1 aromatic carbocycles. The minimum Gasteiger partial charge on any atom is -0.345 e. The highest BCUT2D eigenvalue weighted by atomic mass is 16.1. The van der Waals surface area contributed by atoms with E-state index in [1.807, 2.05) is 25.1 Å². The molecule has 0 saturated carbocycles. The van der Waals surface area contributed by atoms with Gasteiger partial charge in [0.1, 0.15) is 0 Å². The maximum Gasteiger partial charge on any atom is 0.259 e. The lowest BCUT2D eigenvalue weighted by atomic mass is 10.2. The van der Waals surface area contributed by atoms with E-state index in [-0.39, 0.29) is 5.91 Å². The summed E-state index contributed by atoms with van der Waals surface area (Å²) in [5.41, 5.74) is 3.77. The molecule has 0 fully saturated rings.